The van der Waals surface area contributed by atoms with Crippen molar-refractivity contribution in [3.63, 3.8) is 0 Å². The van der Waals surface area contributed by atoms with Gasteiger partial charge in [0.05, 0.1) is 10.6 Å². The van der Waals surface area contributed by atoms with E-state index in [4.69, 9.17) is 17.3 Å². The Kier molecular flexibility index (Phi) is 4.30. The van der Waals surface area contributed by atoms with Gasteiger partial charge in [-0.3, -0.25) is 9.78 Å². The lowest BCUT2D eigenvalue weighted by Gasteiger charge is -2.07. The third-order valence-corrected chi connectivity index (χ3v) is 2.87. The Morgan fingerprint density at radius 2 is 2.11 bits per heavy atom. The number of nitrogen functional groups attached to an aromatic ring is 1. The molecule has 5 nitrogen and oxygen atoms in total. The van der Waals surface area contributed by atoms with Crippen molar-refractivity contribution in [1.29, 1.82) is 0 Å². The second-order valence-corrected chi connectivity index (χ2v) is 4.36. The fraction of sp³-hybridized carbons (Fsp3) is 0.154. The zero-order valence-electron chi connectivity index (χ0n) is 10.1. The summed E-state index contributed by atoms with van der Waals surface area (Å²) < 4.78 is 0. The molecule has 2 rings (SSSR count). The van der Waals surface area contributed by atoms with Gasteiger partial charge in [-0.2, -0.15) is 0 Å². The minimum atomic E-state index is -0.256. The summed E-state index contributed by atoms with van der Waals surface area (Å²) in [6, 6.07) is 5.28. The molecule has 0 saturated heterocycles. The minimum Gasteiger partial charge on any atom is -0.384 e. The molecule has 2 aromatic rings. The number of carbonyl (C=O) groups is 1. The van der Waals surface area contributed by atoms with Gasteiger partial charge in [-0.1, -0.05) is 11.6 Å². The van der Waals surface area contributed by atoms with Gasteiger partial charge < -0.3 is 11.1 Å². The first kappa shape index (κ1) is 13.3. The van der Waals surface area contributed by atoms with Gasteiger partial charge in [0.25, 0.3) is 5.91 Å². The van der Waals surface area contributed by atoms with Crippen molar-refractivity contribution in [1.82, 2.24) is 15.3 Å². The molecular weight excluding hydrogens is 264 g/mol. The van der Waals surface area contributed by atoms with E-state index in [1.165, 1.54) is 12.3 Å². The summed E-state index contributed by atoms with van der Waals surface area (Å²) in [5.41, 5.74) is 6.97. The number of anilines is 1. The van der Waals surface area contributed by atoms with Gasteiger partial charge in [-0.25, -0.2) is 4.98 Å². The van der Waals surface area contributed by atoms with Gasteiger partial charge in [-0.05, 0) is 30.2 Å². The van der Waals surface area contributed by atoms with Crippen LogP contribution in [0.3, 0.4) is 0 Å². The van der Waals surface area contributed by atoms with E-state index < -0.39 is 0 Å². The molecule has 0 aliphatic heterocycles. The molecule has 0 aliphatic carbocycles. The van der Waals surface area contributed by atoms with Crippen molar-refractivity contribution in [2.75, 3.05) is 12.3 Å². The molecule has 98 valence electrons. The molecule has 19 heavy (non-hydrogen) atoms. The summed E-state index contributed by atoms with van der Waals surface area (Å²) >= 11 is 5.90. The van der Waals surface area contributed by atoms with Crippen molar-refractivity contribution in [2.24, 2.45) is 0 Å². The lowest BCUT2D eigenvalue weighted by atomic mass is 10.2. The number of halogens is 1. The molecule has 2 heterocycles. The van der Waals surface area contributed by atoms with E-state index in [-0.39, 0.29) is 16.7 Å². The summed E-state index contributed by atoms with van der Waals surface area (Å²) in [7, 11) is 0. The first-order valence-electron chi connectivity index (χ1n) is 5.75. The number of carbonyl (C=O) groups excluding carboxylic acids is 1. The van der Waals surface area contributed by atoms with E-state index in [2.05, 4.69) is 15.3 Å². The number of nitrogens with zero attached hydrogens (tertiary/aromatic N) is 2. The molecule has 0 bridgehead atoms. The number of rotatable bonds is 4. The molecule has 0 aromatic carbocycles. The third-order valence-electron chi connectivity index (χ3n) is 2.57. The summed E-state index contributed by atoms with van der Waals surface area (Å²) in [6.45, 7) is 0.515. The Morgan fingerprint density at radius 1 is 1.37 bits per heavy atom. The van der Waals surface area contributed by atoms with Crippen LogP contribution < -0.4 is 11.1 Å². The smallest absolute Gasteiger partial charge is 0.253 e. The highest BCUT2D eigenvalue weighted by Crippen LogP contribution is 2.16. The van der Waals surface area contributed by atoms with Crippen molar-refractivity contribution in [3.05, 3.63) is 52.9 Å². The van der Waals surface area contributed by atoms with E-state index in [9.17, 15) is 4.79 Å². The van der Waals surface area contributed by atoms with Gasteiger partial charge in [0.1, 0.15) is 5.82 Å². The lowest BCUT2D eigenvalue weighted by molar-refractivity contribution is 0.0954. The number of amides is 1. The summed E-state index contributed by atoms with van der Waals surface area (Å²) in [4.78, 5) is 19.7. The molecule has 0 unspecified atom stereocenters. The van der Waals surface area contributed by atoms with Crippen LogP contribution in [0.2, 0.25) is 5.02 Å². The molecule has 2 aromatic heterocycles. The maximum Gasteiger partial charge on any atom is 0.253 e. The molecule has 3 N–H and O–H groups in total. The average molecular weight is 277 g/mol. The van der Waals surface area contributed by atoms with Crippen LogP contribution in [-0.2, 0) is 6.42 Å². The number of nitrogens with two attached hydrogens (primary N) is 1. The number of nitrogens with one attached hydrogen (secondary N) is 1. The molecule has 0 spiro atoms. The Bertz CT molecular complexity index is 574. The number of hydrogen-bond donors (Lipinski definition) is 2. The van der Waals surface area contributed by atoms with Crippen molar-refractivity contribution in [3.8, 4) is 0 Å². The van der Waals surface area contributed by atoms with Gasteiger partial charge in [0.2, 0.25) is 0 Å². The Labute approximate surface area is 115 Å². The monoisotopic (exact) mass is 276 g/mol. The first-order chi connectivity index (χ1) is 9.16. The quantitative estimate of drug-likeness (QED) is 0.890. The SMILES string of the molecule is Nc1cc(C(=O)NCCc2ccncc2)c(Cl)cn1. The van der Waals surface area contributed by atoms with Crippen LogP contribution in [0.1, 0.15) is 15.9 Å². The highest BCUT2D eigenvalue weighted by molar-refractivity contribution is 6.33. The maximum absolute atomic E-state index is 11.9. The second-order valence-electron chi connectivity index (χ2n) is 3.95. The molecule has 0 radical (unpaired) electrons. The van der Waals surface area contributed by atoms with E-state index in [1.54, 1.807) is 12.4 Å². The van der Waals surface area contributed by atoms with Gasteiger partial charge >= 0.3 is 0 Å². The lowest BCUT2D eigenvalue weighted by Crippen LogP contribution is -2.26. The van der Waals surface area contributed by atoms with Crippen LogP contribution in [0.5, 0.6) is 0 Å². The van der Waals surface area contributed by atoms with E-state index in [0.29, 0.717) is 12.1 Å². The Morgan fingerprint density at radius 3 is 2.84 bits per heavy atom. The molecule has 0 aliphatic rings. The van der Waals surface area contributed by atoms with Crippen LogP contribution in [0, 0.1) is 0 Å². The summed E-state index contributed by atoms with van der Waals surface area (Å²) in [6.07, 6.45) is 5.54. The average Bonchev–Trinajstić information content (AvgIpc) is 2.42. The van der Waals surface area contributed by atoms with Gasteiger partial charge in [0, 0.05) is 25.1 Å². The van der Waals surface area contributed by atoms with Crippen molar-refractivity contribution < 1.29 is 4.79 Å². The fourth-order valence-electron chi connectivity index (χ4n) is 1.59. The van der Waals surface area contributed by atoms with E-state index in [0.717, 1.165) is 12.0 Å². The highest BCUT2D eigenvalue weighted by atomic mass is 35.5. The zero-order valence-corrected chi connectivity index (χ0v) is 10.9. The van der Waals surface area contributed by atoms with Crippen molar-refractivity contribution >= 4 is 23.3 Å². The molecule has 1 amide bonds. The van der Waals surface area contributed by atoms with E-state index >= 15 is 0 Å². The Balaban J connectivity index is 1.93. The summed E-state index contributed by atoms with van der Waals surface area (Å²) in [5, 5.41) is 3.08. The second kappa shape index (κ2) is 6.15. The van der Waals surface area contributed by atoms with Crippen LogP contribution in [0.15, 0.2) is 36.8 Å². The predicted octanol–water partition coefficient (Wildman–Crippen LogP) is 1.68. The highest BCUT2D eigenvalue weighted by Gasteiger charge is 2.10. The van der Waals surface area contributed by atoms with Crippen molar-refractivity contribution in [2.45, 2.75) is 6.42 Å². The molecule has 0 fully saturated rings. The zero-order chi connectivity index (χ0) is 13.7. The maximum atomic E-state index is 11.9. The molecular formula is C13H13ClN4O. The predicted molar refractivity (Wildman–Crippen MR) is 73.9 cm³/mol. The largest absolute Gasteiger partial charge is 0.384 e. The molecule has 6 heteroatoms. The molecule has 0 saturated carbocycles. The third kappa shape index (κ3) is 3.66. The van der Waals surface area contributed by atoms with Gasteiger partial charge in [-0.15, -0.1) is 0 Å². The topological polar surface area (TPSA) is 80.9 Å². The van der Waals surface area contributed by atoms with Crippen LogP contribution in [0.4, 0.5) is 5.82 Å². The number of aromatic nitrogens is 2. The summed E-state index contributed by atoms with van der Waals surface area (Å²) in [5.74, 6) is 0.0110. The number of pyridine rings is 2. The first-order valence-corrected chi connectivity index (χ1v) is 6.13. The fourth-order valence-corrected chi connectivity index (χ4v) is 1.78. The normalized spacial score (nSPS) is 10.2. The minimum absolute atomic E-state index is 0.256. The van der Waals surface area contributed by atoms with Gasteiger partial charge in [0.15, 0.2) is 0 Å². The standard InChI is InChI=1S/C13H13ClN4O/c14-11-8-18-12(15)7-10(11)13(19)17-6-3-9-1-4-16-5-2-9/h1-2,4-5,7-8H,3,6H2,(H2,15,18)(H,17,19). The Hall–Kier alpha value is -2.14. The van der Waals surface area contributed by atoms with Crippen LogP contribution in [0.25, 0.3) is 0 Å². The number of hydrogen-bond acceptors (Lipinski definition) is 4. The molecule has 0 atom stereocenters. The van der Waals surface area contributed by atoms with Crippen LogP contribution >= 0.6 is 11.6 Å². The van der Waals surface area contributed by atoms with Crippen LogP contribution in [-0.4, -0.2) is 22.4 Å². The van der Waals surface area contributed by atoms with E-state index in [1.807, 2.05) is 12.1 Å².